The molecule has 0 fully saturated rings. The van der Waals surface area contributed by atoms with Gasteiger partial charge in [0.2, 0.25) is 5.88 Å². The van der Waals surface area contributed by atoms with E-state index in [1.165, 1.54) is 0 Å². The second-order valence-corrected chi connectivity index (χ2v) is 4.90. The van der Waals surface area contributed by atoms with Crippen LogP contribution in [0.15, 0.2) is 18.3 Å². The molecule has 1 unspecified atom stereocenters. The smallest absolute Gasteiger partial charge is 0.256 e. The lowest BCUT2D eigenvalue weighted by Crippen LogP contribution is -2.42. The van der Waals surface area contributed by atoms with Gasteiger partial charge in [-0.15, -0.1) is 0 Å². The van der Waals surface area contributed by atoms with Gasteiger partial charge in [0.05, 0.1) is 18.5 Å². The number of nitrogens with zero attached hydrogens (tertiary/aromatic N) is 1. The second kappa shape index (κ2) is 9.38. The average Bonchev–Trinajstić information content (AvgIpc) is 2.53. The molecular formula is C16H26N2O4. The van der Waals surface area contributed by atoms with Crippen LogP contribution in [-0.2, 0) is 14.3 Å². The van der Waals surface area contributed by atoms with Crippen molar-refractivity contribution < 1.29 is 19.0 Å². The lowest BCUT2D eigenvalue weighted by molar-refractivity contribution is -0.139. The van der Waals surface area contributed by atoms with Crippen LogP contribution in [0, 0.1) is 0 Å². The number of pyridine rings is 1. The minimum atomic E-state index is -0.832. The zero-order valence-electron chi connectivity index (χ0n) is 13.8. The number of carbonyl (C=O) groups excluding carboxylic acids is 1. The summed E-state index contributed by atoms with van der Waals surface area (Å²) in [5, 5.41) is 2.82. The highest BCUT2D eigenvalue weighted by Gasteiger charge is 2.31. The molecule has 6 nitrogen and oxygen atoms in total. The maximum absolute atomic E-state index is 12.3. The molecule has 0 bridgehead atoms. The number of hydrogen-bond acceptors (Lipinski definition) is 5. The zero-order chi connectivity index (χ0) is 16.4. The summed E-state index contributed by atoms with van der Waals surface area (Å²) in [5.41, 5.74) is -0.219. The summed E-state index contributed by atoms with van der Waals surface area (Å²) in [4.78, 5) is 16.4. The summed E-state index contributed by atoms with van der Waals surface area (Å²) in [6, 6.07) is 3.47. The van der Waals surface area contributed by atoms with Crippen LogP contribution in [0.1, 0.15) is 34.1 Å². The molecule has 0 aliphatic heterocycles. The van der Waals surface area contributed by atoms with Crippen molar-refractivity contribution in [2.45, 2.75) is 39.7 Å². The number of amides is 1. The summed E-state index contributed by atoms with van der Waals surface area (Å²) in [6.07, 6.45) is 2.16. The highest BCUT2D eigenvalue weighted by molar-refractivity contribution is 5.96. The van der Waals surface area contributed by atoms with Crippen LogP contribution in [-0.4, -0.2) is 42.9 Å². The Morgan fingerprint density at radius 1 is 1.23 bits per heavy atom. The van der Waals surface area contributed by atoms with Crippen LogP contribution in [0.25, 0.3) is 0 Å². The van der Waals surface area contributed by atoms with E-state index in [0.717, 1.165) is 0 Å². The van der Waals surface area contributed by atoms with Crippen LogP contribution >= 0.6 is 0 Å². The van der Waals surface area contributed by atoms with Gasteiger partial charge in [0.1, 0.15) is 12.2 Å². The molecule has 1 atom stereocenters. The molecule has 1 aromatic heterocycles. The van der Waals surface area contributed by atoms with Gasteiger partial charge < -0.3 is 19.5 Å². The molecule has 22 heavy (non-hydrogen) atoms. The molecule has 1 rings (SSSR count). The first-order valence-electron chi connectivity index (χ1n) is 7.67. The molecular weight excluding hydrogens is 284 g/mol. The third-order valence-corrected chi connectivity index (χ3v) is 3.29. The van der Waals surface area contributed by atoms with E-state index in [2.05, 4.69) is 10.3 Å². The maximum Gasteiger partial charge on any atom is 0.256 e. The first kappa shape index (κ1) is 18.4. The van der Waals surface area contributed by atoms with Gasteiger partial charge in [-0.2, -0.15) is 0 Å². The van der Waals surface area contributed by atoms with Crippen LogP contribution < -0.4 is 10.1 Å². The number of rotatable bonds is 10. The van der Waals surface area contributed by atoms with E-state index in [1.807, 2.05) is 20.8 Å². The van der Waals surface area contributed by atoms with Gasteiger partial charge in [0.15, 0.2) is 0 Å². The van der Waals surface area contributed by atoms with Gasteiger partial charge in [0.25, 0.3) is 5.91 Å². The number of hydrogen-bond donors (Lipinski definition) is 1. The molecule has 0 radical (unpaired) electrons. The molecule has 0 aliphatic carbocycles. The van der Waals surface area contributed by atoms with E-state index in [0.29, 0.717) is 44.4 Å². The van der Waals surface area contributed by atoms with Crippen molar-refractivity contribution in [2.24, 2.45) is 0 Å². The first-order chi connectivity index (χ1) is 10.6. The van der Waals surface area contributed by atoms with Gasteiger partial charge in [-0.3, -0.25) is 4.79 Å². The number of anilines is 1. The highest BCUT2D eigenvalue weighted by atomic mass is 16.5. The van der Waals surface area contributed by atoms with Crippen molar-refractivity contribution in [2.75, 3.05) is 31.7 Å². The Labute approximate surface area is 132 Å². The Kier molecular flexibility index (Phi) is 7.84. The first-order valence-corrected chi connectivity index (χ1v) is 7.67. The van der Waals surface area contributed by atoms with Crippen molar-refractivity contribution in [3.05, 3.63) is 18.3 Å². The van der Waals surface area contributed by atoms with Crippen molar-refractivity contribution in [3.63, 3.8) is 0 Å². The highest BCUT2D eigenvalue weighted by Crippen LogP contribution is 2.19. The molecule has 0 saturated carbocycles. The molecule has 1 heterocycles. The van der Waals surface area contributed by atoms with Crippen LogP contribution in [0.5, 0.6) is 5.88 Å². The zero-order valence-corrected chi connectivity index (χ0v) is 13.8. The summed E-state index contributed by atoms with van der Waals surface area (Å²) in [6.45, 7) is 9.64. The SMILES string of the molecule is CCOCCOc1ccc(NC(=O)C(C)(CC)OCC)cn1. The van der Waals surface area contributed by atoms with Crippen LogP contribution in [0.2, 0.25) is 0 Å². The molecule has 1 amide bonds. The van der Waals surface area contributed by atoms with E-state index in [-0.39, 0.29) is 5.91 Å². The molecule has 0 aliphatic rings. The minimum Gasteiger partial charge on any atom is -0.475 e. The Bertz CT molecular complexity index is 450. The summed E-state index contributed by atoms with van der Waals surface area (Å²) < 4.78 is 16.1. The van der Waals surface area contributed by atoms with E-state index in [1.54, 1.807) is 25.3 Å². The lowest BCUT2D eigenvalue weighted by atomic mass is 10.0. The van der Waals surface area contributed by atoms with Gasteiger partial charge in [-0.25, -0.2) is 4.98 Å². The third-order valence-electron chi connectivity index (χ3n) is 3.29. The van der Waals surface area contributed by atoms with Gasteiger partial charge in [-0.1, -0.05) is 6.92 Å². The van der Waals surface area contributed by atoms with Gasteiger partial charge in [0, 0.05) is 19.3 Å². The molecule has 124 valence electrons. The van der Waals surface area contributed by atoms with Crippen LogP contribution in [0.3, 0.4) is 0 Å². The number of aromatic nitrogens is 1. The Morgan fingerprint density at radius 3 is 2.55 bits per heavy atom. The molecule has 0 spiro atoms. The number of nitrogens with one attached hydrogen (secondary N) is 1. The van der Waals surface area contributed by atoms with E-state index < -0.39 is 5.60 Å². The molecule has 1 aromatic rings. The Balaban J connectivity index is 2.54. The fourth-order valence-electron chi connectivity index (χ4n) is 1.80. The van der Waals surface area contributed by atoms with E-state index in [4.69, 9.17) is 14.2 Å². The van der Waals surface area contributed by atoms with Crippen molar-refractivity contribution in [3.8, 4) is 5.88 Å². The topological polar surface area (TPSA) is 69.7 Å². The average molecular weight is 310 g/mol. The number of carbonyl (C=O) groups is 1. The van der Waals surface area contributed by atoms with E-state index >= 15 is 0 Å². The molecule has 6 heteroatoms. The second-order valence-electron chi connectivity index (χ2n) is 4.90. The molecule has 0 aromatic carbocycles. The van der Waals surface area contributed by atoms with Crippen LogP contribution in [0.4, 0.5) is 5.69 Å². The number of ether oxygens (including phenoxy) is 3. The van der Waals surface area contributed by atoms with Crippen molar-refractivity contribution >= 4 is 11.6 Å². The Hall–Kier alpha value is -1.66. The van der Waals surface area contributed by atoms with E-state index in [9.17, 15) is 4.79 Å². The maximum atomic E-state index is 12.3. The predicted octanol–water partition coefficient (Wildman–Crippen LogP) is 2.64. The summed E-state index contributed by atoms with van der Waals surface area (Å²) >= 11 is 0. The Morgan fingerprint density at radius 2 is 2.00 bits per heavy atom. The molecule has 0 saturated heterocycles. The molecule has 1 N–H and O–H groups in total. The summed E-state index contributed by atoms with van der Waals surface area (Å²) in [5.74, 6) is 0.324. The summed E-state index contributed by atoms with van der Waals surface area (Å²) in [7, 11) is 0. The fraction of sp³-hybridized carbons (Fsp3) is 0.625. The minimum absolute atomic E-state index is 0.177. The van der Waals surface area contributed by atoms with Gasteiger partial charge in [-0.05, 0) is 33.3 Å². The largest absolute Gasteiger partial charge is 0.475 e. The lowest BCUT2D eigenvalue weighted by Gasteiger charge is -2.26. The van der Waals surface area contributed by atoms with Crippen molar-refractivity contribution in [1.29, 1.82) is 0 Å². The normalized spacial score (nSPS) is 13.5. The quantitative estimate of drug-likeness (QED) is 0.673. The fourth-order valence-corrected chi connectivity index (χ4v) is 1.80. The standard InChI is InChI=1S/C16H26N2O4/c1-5-16(4,22-7-3)15(19)18-13-8-9-14(17-12-13)21-11-10-20-6-2/h8-9,12H,5-7,10-11H2,1-4H3,(H,18,19). The third kappa shape index (κ3) is 5.61. The monoisotopic (exact) mass is 310 g/mol. The van der Waals surface area contributed by atoms with Gasteiger partial charge >= 0.3 is 0 Å². The van der Waals surface area contributed by atoms with Crippen molar-refractivity contribution in [1.82, 2.24) is 4.98 Å². The predicted molar refractivity (Wildman–Crippen MR) is 85.2 cm³/mol.